The highest BCUT2D eigenvalue weighted by molar-refractivity contribution is 6.22. The number of amides is 4. The molecule has 0 aromatic heterocycles. The van der Waals surface area contributed by atoms with Crippen molar-refractivity contribution in [1.82, 2.24) is 15.1 Å². The molecule has 162 valence electrons. The molecule has 1 fully saturated rings. The number of carbonyl (C=O) groups is 4. The van der Waals surface area contributed by atoms with Gasteiger partial charge in [0.15, 0.2) is 0 Å². The average molecular weight is 414 g/mol. The molecule has 0 radical (unpaired) electrons. The van der Waals surface area contributed by atoms with Crippen molar-refractivity contribution in [1.29, 1.82) is 0 Å². The highest BCUT2D eigenvalue weighted by atomic mass is 16.2. The van der Waals surface area contributed by atoms with E-state index >= 15 is 0 Å². The maximum absolute atomic E-state index is 12.9. The Hall–Kier alpha value is -2.70. The summed E-state index contributed by atoms with van der Waals surface area (Å²) >= 11 is 0. The molecule has 0 aliphatic carbocycles. The molecule has 1 N–H and O–H groups in total. The van der Waals surface area contributed by atoms with Crippen LogP contribution in [0.2, 0.25) is 0 Å². The topological polar surface area (TPSA) is 86.8 Å². The van der Waals surface area contributed by atoms with Gasteiger partial charge < -0.3 is 10.2 Å². The number of fused-ring (bicyclic) bond motifs is 1. The largest absolute Gasteiger partial charge is 0.353 e. The van der Waals surface area contributed by atoms with Gasteiger partial charge in [0.05, 0.1) is 11.1 Å². The highest BCUT2D eigenvalue weighted by Gasteiger charge is 2.36. The van der Waals surface area contributed by atoms with Crippen molar-refractivity contribution < 1.29 is 19.2 Å². The third-order valence-corrected chi connectivity index (χ3v) is 5.67. The Bertz CT molecular complexity index is 841. The number of piperidine rings is 1. The van der Waals surface area contributed by atoms with E-state index in [-0.39, 0.29) is 35.6 Å². The molecule has 2 aliphatic heterocycles. The maximum Gasteiger partial charge on any atom is 0.261 e. The highest BCUT2D eigenvalue weighted by Crippen LogP contribution is 2.26. The first-order valence-corrected chi connectivity index (χ1v) is 10.9. The zero-order chi connectivity index (χ0) is 21.8. The molecule has 0 saturated carbocycles. The second-order valence-corrected chi connectivity index (χ2v) is 8.61. The summed E-state index contributed by atoms with van der Waals surface area (Å²) in [5.41, 5.74) is 1.10. The lowest BCUT2D eigenvalue weighted by Crippen LogP contribution is -2.46. The van der Waals surface area contributed by atoms with Crippen molar-refractivity contribution in [2.24, 2.45) is 5.92 Å². The van der Waals surface area contributed by atoms with Crippen LogP contribution in [0.1, 0.15) is 83.9 Å². The number of likely N-dealkylation sites (tertiary alicyclic amines) is 1. The zero-order valence-electron chi connectivity index (χ0n) is 18.1. The fourth-order valence-electron chi connectivity index (χ4n) is 4.00. The van der Waals surface area contributed by atoms with E-state index in [1.807, 2.05) is 13.8 Å². The third-order valence-electron chi connectivity index (χ3n) is 5.67. The predicted molar refractivity (Wildman–Crippen MR) is 113 cm³/mol. The second-order valence-electron chi connectivity index (χ2n) is 8.61. The van der Waals surface area contributed by atoms with Crippen LogP contribution >= 0.6 is 0 Å². The van der Waals surface area contributed by atoms with Crippen LogP contribution in [-0.2, 0) is 4.79 Å². The first-order valence-electron chi connectivity index (χ1n) is 10.9. The number of hydrogen-bond donors (Lipinski definition) is 1. The Morgan fingerprint density at radius 2 is 1.77 bits per heavy atom. The molecule has 1 aromatic rings. The van der Waals surface area contributed by atoms with Crippen molar-refractivity contribution in [3.05, 3.63) is 34.9 Å². The summed E-state index contributed by atoms with van der Waals surface area (Å²) in [7, 11) is 0. The molecule has 2 heterocycles. The maximum atomic E-state index is 12.9. The normalized spacial score (nSPS) is 16.9. The fraction of sp³-hybridized carbons (Fsp3) is 0.565. The first-order chi connectivity index (χ1) is 14.3. The molecule has 0 spiro atoms. The lowest BCUT2D eigenvalue weighted by molar-refractivity contribution is -0.122. The van der Waals surface area contributed by atoms with Crippen molar-refractivity contribution in [2.75, 3.05) is 19.6 Å². The van der Waals surface area contributed by atoms with Crippen LogP contribution in [0.3, 0.4) is 0 Å². The van der Waals surface area contributed by atoms with Gasteiger partial charge in [-0.1, -0.05) is 27.2 Å². The summed E-state index contributed by atoms with van der Waals surface area (Å²) in [6.07, 6.45) is 3.86. The van der Waals surface area contributed by atoms with Gasteiger partial charge in [-0.25, -0.2) is 0 Å². The Morgan fingerprint density at radius 1 is 1.10 bits per heavy atom. The summed E-state index contributed by atoms with van der Waals surface area (Å²) < 4.78 is 0. The molecule has 4 amide bonds. The van der Waals surface area contributed by atoms with Crippen LogP contribution in [0.4, 0.5) is 0 Å². The molecular weight excluding hydrogens is 382 g/mol. The van der Waals surface area contributed by atoms with Crippen molar-refractivity contribution >= 4 is 23.6 Å². The summed E-state index contributed by atoms with van der Waals surface area (Å²) in [6.45, 7) is 7.44. The van der Waals surface area contributed by atoms with E-state index in [1.165, 1.54) is 4.90 Å². The number of carbonyl (C=O) groups excluding carboxylic acids is 4. The van der Waals surface area contributed by atoms with Crippen molar-refractivity contribution in [2.45, 2.75) is 58.9 Å². The molecular formula is C23H31N3O4. The van der Waals surface area contributed by atoms with E-state index in [4.69, 9.17) is 0 Å². The first kappa shape index (κ1) is 22.0. The van der Waals surface area contributed by atoms with E-state index in [0.29, 0.717) is 55.6 Å². The van der Waals surface area contributed by atoms with Gasteiger partial charge in [-0.3, -0.25) is 24.1 Å². The van der Waals surface area contributed by atoms with Crippen LogP contribution in [0.5, 0.6) is 0 Å². The fourth-order valence-corrected chi connectivity index (χ4v) is 4.00. The third kappa shape index (κ3) is 4.71. The van der Waals surface area contributed by atoms with Crippen LogP contribution in [0.15, 0.2) is 18.2 Å². The Morgan fingerprint density at radius 3 is 2.40 bits per heavy atom. The van der Waals surface area contributed by atoms with Gasteiger partial charge in [-0.05, 0) is 43.4 Å². The molecule has 3 rings (SSSR count). The summed E-state index contributed by atoms with van der Waals surface area (Å²) in [5.74, 6) is -0.503. The molecule has 0 unspecified atom stereocenters. The van der Waals surface area contributed by atoms with Crippen LogP contribution < -0.4 is 5.32 Å². The van der Waals surface area contributed by atoms with Crippen molar-refractivity contribution in [3.8, 4) is 0 Å². The van der Waals surface area contributed by atoms with Gasteiger partial charge in [-0.15, -0.1) is 0 Å². The summed E-state index contributed by atoms with van der Waals surface area (Å²) in [4.78, 5) is 53.0. The molecule has 1 aromatic carbocycles. The molecule has 7 nitrogen and oxygen atoms in total. The van der Waals surface area contributed by atoms with Gasteiger partial charge in [0, 0.05) is 37.7 Å². The minimum Gasteiger partial charge on any atom is -0.353 e. The van der Waals surface area contributed by atoms with E-state index < -0.39 is 0 Å². The lowest BCUT2D eigenvalue weighted by Gasteiger charge is -2.32. The van der Waals surface area contributed by atoms with E-state index in [0.717, 1.165) is 12.8 Å². The molecule has 7 heteroatoms. The molecule has 0 atom stereocenters. The number of hydrogen-bond acceptors (Lipinski definition) is 4. The Kier molecular flexibility index (Phi) is 6.90. The minimum atomic E-state index is -0.327. The van der Waals surface area contributed by atoms with Crippen LogP contribution in [0, 0.1) is 5.92 Å². The average Bonchev–Trinajstić information content (AvgIpc) is 2.96. The smallest absolute Gasteiger partial charge is 0.261 e. The van der Waals surface area contributed by atoms with Gasteiger partial charge in [0.1, 0.15) is 0 Å². The van der Waals surface area contributed by atoms with E-state index in [2.05, 4.69) is 12.2 Å². The standard InChI is InChI=1S/C23H31N3O4/c1-4-5-6-20(27)24-17-9-11-25(12-10-17)21(28)16-7-8-18-19(13-16)23(30)26(22(18)29)14-15(2)3/h7-8,13,15,17H,4-6,9-12,14H2,1-3H3,(H,24,27). The van der Waals surface area contributed by atoms with Crippen LogP contribution in [0.25, 0.3) is 0 Å². The Balaban J connectivity index is 1.62. The number of rotatable bonds is 7. The van der Waals surface area contributed by atoms with E-state index in [9.17, 15) is 19.2 Å². The number of nitrogens with one attached hydrogen (secondary N) is 1. The molecule has 2 aliphatic rings. The molecule has 1 saturated heterocycles. The number of imide groups is 1. The van der Waals surface area contributed by atoms with Crippen LogP contribution in [-0.4, -0.2) is 59.1 Å². The SMILES string of the molecule is CCCCC(=O)NC1CCN(C(=O)c2ccc3c(c2)C(=O)N(CC(C)C)C3=O)CC1. The van der Waals surface area contributed by atoms with Gasteiger partial charge in [-0.2, -0.15) is 0 Å². The number of nitrogens with zero attached hydrogens (tertiary/aromatic N) is 2. The van der Waals surface area contributed by atoms with Gasteiger partial charge in [0.25, 0.3) is 17.7 Å². The molecule has 0 bridgehead atoms. The van der Waals surface area contributed by atoms with Crippen molar-refractivity contribution in [3.63, 3.8) is 0 Å². The molecule has 30 heavy (non-hydrogen) atoms. The second kappa shape index (κ2) is 9.41. The van der Waals surface area contributed by atoms with Gasteiger partial charge >= 0.3 is 0 Å². The predicted octanol–water partition coefficient (Wildman–Crippen LogP) is 2.85. The monoisotopic (exact) mass is 413 g/mol. The summed E-state index contributed by atoms with van der Waals surface area (Å²) in [5, 5.41) is 3.05. The number of benzene rings is 1. The van der Waals surface area contributed by atoms with Gasteiger partial charge in [0.2, 0.25) is 5.91 Å². The zero-order valence-corrected chi connectivity index (χ0v) is 18.1. The quantitative estimate of drug-likeness (QED) is 0.697. The minimum absolute atomic E-state index is 0.0781. The Labute approximate surface area is 177 Å². The lowest BCUT2D eigenvalue weighted by atomic mass is 10.0. The summed E-state index contributed by atoms with van der Waals surface area (Å²) in [6, 6.07) is 4.87. The van der Waals surface area contributed by atoms with E-state index in [1.54, 1.807) is 23.1 Å². The number of unbranched alkanes of at least 4 members (excludes halogenated alkanes) is 1.